The summed E-state index contributed by atoms with van der Waals surface area (Å²) in [6.07, 6.45) is -4.11. The molecular weight excluding hydrogens is 637 g/mol. The van der Waals surface area contributed by atoms with Gasteiger partial charge in [0.15, 0.2) is 5.82 Å². The number of likely N-dealkylation sites (N-methyl/N-ethyl adjacent to an activating group) is 1. The Morgan fingerprint density at radius 2 is 1.75 bits per heavy atom. The van der Waals surface area contributed by atoms with Crippen molar-refractivity contribution in [2.45, 2.75) is 50.6 Å². The molecule has 2 fully saturated rings. The van der Waals surface area contributed by atoms with Gasteiger partial charge in [0.05, 0.1) is 36.2 Å². The van der Waals surface area contributed by atoms with Gasteiger partial charge in [-0.3, -0.25) is 4.90 Å². The highest BCUT2D eigenvalue weighted by molar-refractivity contribution is 6.33. The number of carbonyl (C=O) groups excluding carboxylic acids is 1. The largest absolute Gasteiger partial charge is 0.412 e. The fourth-order valence-electron chi connectivity index (χ4n) is 5.74. The Kier molecular flexibility index (Phi) is 8.91. The maximum atomic E-state index is 13.7. The molecule has 3 aliphatic rings. The summed E-state index contributed by atoms with van der Waals surface area (Å²) >= 11 is 12.4. The van der Waals surface area contributed by atoms with Crippen LogP contribution in [0.2, 0.25) is 10.3 Å². The lowest BCUT2D eigenvalue weighted by Crippen LogP contribution is -2.41. The third-order valence-electron chi connectivity index (χ3n) is 8.03. The first kappa shape index (κ1) is 32.1. The Morgan fingerprint density at radius 3 is 2.34 bits per heavy atom. The highest BCUT2D eigenvalue weighted by Crippen LogP contribution is 2.42. The number of carbonyl (C=O) groups is 1. The molecule has 4 heterocycles. The second-order valence-electron chi connectivity index (χ2n) is 10.9. The fourth-order valence-corrected chi connectivity index (χ4v) is 6.07. The number of allylic oxidation sites excluding steroid dienone is 2. The van der Waals surface area contributed by atoms with Gasteiger partial charge in [-0.05, 0) is 42.5 Å². The van der Waals surface area contributed by atoms with Crippen LogP contribution in [-0.4, -0.2) is 88.5 Å². The molecule has 2 aromatic rings. The number of anilines is 3. The number of urea groups is 1. The van der Waals surface area contributed by atoms with Crippen molar-refractivity contribution in [1.29, 1.82) is 0 Å². The van der Waals surface area contributed by atoms with Crippen molar-refractivity contribution < 1.29 is 31.1 Å². The number of hydrogen-bond acceptors (Lipinski definition) is 7. The van der Waals surface area contributed by atoms with Gasteiger partial charge in [-0.15, -0.1) is 0 Å². The average molecular weight is 665 g/mol. The smallest absolute Gasteiger partial charge is 0.350 e. The van der Waals surface area contributed by atoms with Gasteiger partial charge in [0, 0.05) is 44.8 Å². The topological polar surface area (TPSA) is 81.6 Å². The fraction of sp³-hybridized carbons (Fsp3) is 0.519. The van der Waals surface area contributed by atoms with Gasteiger partial charge in [-0.25, -0.2) is 19.7 Å². The zero-order valence-electron chi connectivity index (χ0n) is 23.6. The summed E-state index contributed by atoms with van der Waals surface area (Å²) in [5.74, 6) is -1.85. The van der Waals surface area contributed by atoms with Crippen molar-refractivity contribution >= 4 is 46.7 Å². The van der Waals surface area contributed by atoms with Gasteiger partial charge >= 0.3 is 18.4 Å². The van der Waals surface area contributed by atoms with E-state index in [2.05, 4.69) is 19.9 Å². The van der Waals surface area contributed by atoms with Crippen molar-refractivity contribution in [3.05, 3.63) is 52.2 Å². The van der Waals surface area contributed by atoms with Gasteiger partial charge in [0.1, 0.15) is 5.02 Å². The predicted octanol–water partition coefficient (Wildman–Crippen LogP) is 6.31. The lowest BCUT2D eigenvalue weighted by Gasteiger charge is -2.32. The number of aromatic nitrogens is 4. The van der Waals surface area contributed by atoms with Crippen LogP contribution in [0.15, 0.2) is 41.9 Å². The van der Waals surface area contributed by atoms with Gasteiger partial charge in [0.2, 0.25) is 11.2 Å². The van der Waals surface area contributed by atoms with Crippen LogP contribution in [0.25, 0.3) is 0 Å². The second-order valence-corrected chi connectivity index (χ2v) is 11.6. The molecule has 2 aromatic heterocycles. The highest BCUT2D eigenvalue weighted by Gasteiger charge is 2.46. The van der Waals surface area contributed by atoms with E-state index < -0.39 is 36.3 Å². The number of alkyl halides is 6. The SMILES string of the molecule is CCC1CC(N(CC2=CC(C(F)(F)F)CC(C(F)(F)F)=C2)c2ncc(N3CCN(C)C3=O)cn2)CN1c1nc(Cl)ncc1Cl. The number of rotatable bonds is 7. The van der Waals surface area contributed by atoms with Crippen LogP contribution in [0.5, 0.6) is 0 Å². The van der Waals surface area contributed by atoms with E-state index in [1.54, 1.807) is 11.9 Å². The molecule has 0 bridgehead atoms. The molecule has 44 heavy (non-hydrogen) atoms. The average Bonchev–Trinajstić information content (AvgIpc) is 3.55. The van der Waals surface area contributed by atoms with Gasteiger partial charge in [-0.1, -0.05) is 24.6 Å². The van der Waals surface area contributed by atoms with Crippen molar-refractivity contribution in [1.82, 2.24) is 24.8 Å². The molecule has 2 saturated heterocycles. The lowest BCUT2D eigenvalue weighted by atomic mass is 9.89. The number of amides is 2. The summed E-state index contributed by atoms with van der Waals surface area (Å²) in [7, 11) is 1.65. The van der Waals surface area contributed by atoms with Gasteiger partial charge < -0.3 is 14.7 Å². The number of halogens is 8. The van der Waals surface area contributed by atoms with Crippen LogP contribution in [0.3, 0.4) is 0 Å². The van der Waals surface area contributed by atoms with Crippen molar-refractivity contribution in [3.8, 4) is 0 Å². The van der Waals surface area contributed by atoms with E-state index in [0.717, 1.165) is 12.2 Å². The van der Waals surface area contributed by atoms with E-state index in [4.69, 9.17) is 23.2 Å². The molecule has 0 radical (unpaired) electrons. The highest BCUT2D eigenvalue weighted by atomic mass is 35.5. The molecule has 0 N–H and O–H groups in total. The predicted molar refractivity (Wildman–Crippen MR) is 153 cm³/mol. The number of hydrogen-bond donors (Lipinski definition) is 0. The summed E-state index contributed by atoms with van der Waals surface area (Å²) in [6.45, 7) is 2.77. The van der Waals surface area contributed by atoms with Crippen LogP contribution >= 0.6 is 23.2 Å². The summed E-state index contributed by atoms with van der Waals surface area (Å²) < 4.78 is 82.4. The van der Waals surface area contributed by atoms with Crippen molar-refractivity contribution in [2.75, 3.05) is 47.9 Å². The normalized spacial score (nSPS) is 22.9. The quantitative estimate of drug-likeness (QED) is 0.254. The third kappa shape index (κ3) is 6.67. The molecule has 0 spiro atoms. The Balaban J connectivity index is 1.52. The number of nitrogens with zero attached hydrogens (tertiary/aromatic N) is 8. The van der Waals surface area contributed by atoms with E-state index in [1.165, 1.54) is 28.4 Å². The van der Waals surface area contributed by atoms with Gasteiger partial charge in [0.25, 0.3) is 0 Å². The Hall–Kier alpha value is -3.33. The molecular formula is C27H28Cl2F6N8O. The summed E-state index contributed by atoms with van der Waals surface area (Å²) in [6, 6.07) is -0.858. The summed E-state index contributed by atoms with van der Waals surface area (Å²) in [4.78, 5) is 36.0. The minimum atomic E-state index is -4.93. The Bertz CT molecular complexity index is 1450. The molecule has 5 rings (SSSR count). The van der Waals surface area contributed by atoms with Crippen LogP contribution in [0.1, 0.15) is 26.2 Å². The lowest BCUT2D eigenvalue weighted by molar-refractivity contribution is -0.166. The van der Waals surface area contributed by atoms with Crippen molar-refractivity contribution in [3.63, 3.8) is 0 Å². The zero-order valence-corrected chi connectivity index (χ0v) is 25.1. The maximum absolute atomic E-state index is 13.7. The monoisotopic (exact) mass is 664 g/mol. The molecule has 2 aliphatic heterocycles. The molecule has 1 aliphatic carbocycles. The van der Waals surface area contributed by atoms with Gasteiger partial charge in [-0.2, -0.15) is 31.3 Å². The molecule has 238 valence electrons. The van der Waals surface area contributed by atoms with E-state index in [0.29, 0.717) is 37.4 Å². The molecule has 0 aromatic carbocycles. The van der Waals surface area contributed by atoms with Crippen LogP contribution in [-0.2, 0) is 0 Å². The molecule has 0 saturated carbocycles. The van der Waals surface area contributed by atoms with Crippen molar-refractivity contribution in [2.24, 2.45) is 5.92 Å². The standard InChI is InChI=1S/C27H28Cl2F6N8O/c1-3-18-9-19(14-42(18)22-21(28)12-36-23(29)39-22)43(24-37-10-20(11-38-24)41-5-4-40(2)25(41)44)13-15-6-16(26(30,31)32)8-17(7-15)27(33,34)35/h6-7,10-12,16,18-19H,3-5,8-9,13-14H2,1-2H3. The Morgan fingerprint density at radius 1 is 1.05 bits per heavy atom. The first-order chi connectivity index (χ1) is 20.7. The molecule has 9 nitrogen and oxygen atoms in total. The minimum absolute atomic E-state index is 0.0315. The summed E-state index contributed by atoms with van der Waals surface area (Å²) in [5, 5.41) is 0.206. The van der Waals surface area contributed by atoms with Crippen LogP contribution < -0.4 is 14.7 Å². The van der Waals surface area contributed by atoms with E-state index in [-0.39, 0.29) is 47.0 Å². The zero-order chi connectivity index (χ0) is 32.0. The van der Waals surface area contributed by atoms with Crippen LogP contribution in [0, 0.1) is 5.92 Å². The minimum Gasteiger partial charge on any atom is -0.350 e. The first-order valence-corrected chi connectivity index (χ1v) is 14.5. The van der Waals surface area contributed by atoms with E-state index >= 15 is 0 Å². The third-order valence-corrected chi connectivity index (χ3v) is 8.48. The first-order valence-electron chi connectivity index (χ1n) is 13.8. The Labute approximate surface area is 259 Å². The maximum Gasteiger partial charge on any atom is 0.412 e. The van der Waals surface area contributed by atoms with Crippen LogP contribution in [0.4, 0.5) is 48.6 Å². The second kappa shape index (κ2) is 12.2. The molecule has 17 heteroatoms. The van der Waals surface area contributed by atoms with E-state index in [1.807, 2.05) is 11.8 Å². The summed E-state index contributed by atoms with van der Waals surface area (Å²) in [5.41, 5.74) is -1.00. The molecule has 2 amide bonds. The van der Waals surface area contributed by atoms with E-state index in [9.17, 15) is 31.1 Å². The molecule has 3 unspecified atom stereocenters. The molecule has 3 atom stereocenters.